The molecule has 0 aliphatic carbocycles. The summed E-state index contributed by atoms with van der Waals surface area (Å²) in [6, 6.07) is 16.6. The number of fused-ring (bicyclic) bond motifs is 1. The molecule has 1 aromatic heterocycles. The maximum absolute atomic E-state index is 5.29. The Morgan fingerprint density at radius 2 is 1.83 bits per heavy atom. The zero-order valence-electron chi connectivity index (χ0n) is 13.6. The first-order chi connectivity index (χ1) is 11.3. The molecule has 0 fully saturated rings. The van der Waals surface area contributed by atoms with Gasteiger partial charge < -0.3 is 9.64 Å². The molecular weight excluding hydrogens is 286 g/mol. The van der Waals surface area contributed by atoms with Gasteiger partial charge in [-0.15, -0.1) is 0 Å². The van der Waals surface area contributed by atoms with Crippen LogP contribution >= 0.6 is 0 Å². The minimum Gasteiger partial charge on any atom is -0.383 e. The molecule has 0 aliphatic rings. The largest absolute Gasteiger partial charge is 0.383 e. The van der Waals surface area contributed by atoms with Gasteiger partial charge >= 0.3 is 0 Å². The fraction of sp³-hybridized carbons (Fsp3) is 0.263. The summed E-state index contributed by atoms with van der Waals surface area (Å²) < 4.78 is 5.29. The summed E-state index contributed by atoms with van der Waals surface area (Å²) in [7, 11) is 1.73. The van der Waals surface area contributed by atoms with Crippen molar-refractivity contribution in [2.45, 2.75) is 13.5 Å². The number of ether oxygens (including phenoxy) is 1. The van der Waals surface area contributed by atoms with Crippen LogP contribution in [0.3, 0.4) is 0 Å². The van der Waals surface area contributed by atoms with E-state index in [1.54, 1.807) is 13.4 Å². The molecule has 0 spiro atoms. The highest BCUT2D eigenvalue weighted by Crippen LogP contribution is 2.27. The third-order valence-corrected chi connectivity index (χ3v) is 3.93. The first-order valence-electron chi connectivity index (χ1n) is 7.77. The molecule has 0 atom stereocenters. The van der Waals surface area contributed by atoms with Crippen molar-refractivity contribution in [3.8, 4) is 0 Å². The lowest BCUT2D eigenvalue weighted by Gasteiger charge is -2.25. The van der Waals surface area contributed by atoms with E-state index in [9.17, 15) is 0 Å². The molecule has 0 saturated heterocycles. The summed E-state index contributed by atoms with van der Waals surface area (Å²) in [6.45, 7) is 4.34. The quantitative estimate of drug-likeness (QED) is 0.697. The van der Waals surface area contributed by atoms with Gasteiger partial charge in [-0.05, 0) is 24.1 Å². The number of hydrogen-bond acceptors (Lipinski definition) is 4. The average molecular weight is 307 g/mol. The molecule has 1 heterocycles. The Labute approximate surface area is 136 Å². The standard InChI is InChI=1S/C19H21N3O/c1-15-7-6-10-17-18(15)19(21-14-20-17)22(11-12-23-2)13-16-8-4-3-5-9-16/h3-10,14H,11-13H2,1-2H3. The Kier molecular flexibility index (Phi) is 4.83. The Hall–Kier alpha value is -2.46. The van der Waals surface area contributed by atoms with Crippen molar-refractivity contribution in [2.24, 2.45) is 0 Å². The molecule has 0 aliphatic heterocycles. The molecule has 0 amide bonds. The predicted molar refractivity (Wildman–Crippen MR) is 93.6 cm³/mol. The zero-order chi connectivity index (χ0) is 16.1. The van der Waals surface area contributed by atoms with E-state index >= 15 is 0 Å². The van der Waals surface area contributed by atoms with Crippen molar-refractivity contribution < 1.29 is 4.74 Å². The second-order valence-electron chi connectivity index (χ2n) is 5.57. The van der Waals surface area contributed by atoms with Gasteiger partial charge in [0.05, 0.1) is 12.1 Å². The number of rotatable bonds is 6. The van der Waals surface area contributed by atoms with Gasteiger partial charge in [0.2, 0.25) is 0 Å². The van der Waals surface area contributed by atoms with Gasteiger partial charge in [0, 0.05) is 25.6 Å². The molecule has 0 bridgehead atoms. The summed E-state index contributed by atoms with van der Waals surface area (Å²) >= 11 is 0. The van der Waals surface area contributed by atoms with Gasteiger partial charge in [-0.3, -0.25) is 0 Å². The summed E-state index contributed by atoms with van der Waals surface area (Å²) in [4.78, 5) is 11.2. The van der Waals surface area contributed by atoms with Crippen LogP contribution < -0.4 is 4.90 Å². The molecule has 118 valence electrons. The smallest absolute Gasteiger partial charge is 0.140 e. The molecule has 2 aromatic carbocycles. The Morgan fingerprint density at radius 1 is 1.00 bits per heavy atom. The van der Waals surface area contributed by atoms with Crippen LogP contribution in [0.5, 0.6) is 0 Å². The highest BCUT2D eigenvalue weighted by Gasteiger charge is 2.14. The monoisotopic (exact) mass is 307 g/mol. The van der Waals surface area contributed by atoms with Crippen molar-refractivity contribution in [1.82, 2.24) is 9.97 Å². The lowest BCUT2D eigenvalue weighted by atomic mass is 10.1. The van der Waals surface area contributed by atoms with Crippen LogP contribution in [-0.2, 0) is 11.3 Å². The van der Waals surface area contributed by atoms with Crippen molar-refractivity contribution in [3.63, 3.8) is 0 Å². The van der Waals surface area contributed by atoms with Gasteiger partial charge in [-0.1, -0.05) is 42.5 Å². The van der Waals surface area contributed by atoms with Crippen LogP contribution in [0.4, 0.5) is 5.82 Å². The van der Waals surface area contributed by atoms with E-state index < -0.39 is 0 Å². The van der Waals surface area contributed by atoms with Crippen LogP contribution in [0.15, 0.2) is 54.9 Å². The number of anilines is 1. The summed E-state index contributed by atoms with van der Waals surface area (Å²) in [5.41, 5.74) is 3.42. The van der Waals surface area contributed by atoms with E-state index in [0.717, 1.165) is 29.8 Å². The molecule has 0 saturated carbocycles. The average Bonchev–Trinajstić information content (AvgIpc) is 2.59. The highest BCUT2D eigenvalue weighted by molar-refractivity contribution is 5.92. The predicted octanol–water partition coefficient (Wildman–Crippen LogP) is 3.59. The number of aromatic nitrogens is 2. The first-order valence-corrected chi connectivity index (χ1v) is 7.77. The van der Waals surface area contributed by atoms with Crippen molar-refractivity contribution >= 4 is 16.7 Å². The molecule has 4 nitrogen and oxygen atoms in total. The highest BCUT2D eigenvalue weighted by atomic mass is 16.5. The van der Waals surface area contributed by atoms with E-state index in [4.69, 9.17) is 4.74 Å². The minimum atomic E-state index is 0.657. The third kappa shape index (κ3) is 3.48. The van der Waals surface area contributed by atoms with Crippen LogP contribution in [-0.4, -0.2) is 30.2 Å². The van der Waals surface area contributed by atoms with Crippen LogP contribution in [0.1, 0.15) is 11.1 Å². The summed E-state index contributed by atoms with van der Waals surface area (Å²) in [6.07, 6.45) is 1.64. The first kappa shape index (κ1) is 15.4. The molecule has 0 unspecified atom stereocenters. The minimum absolute atomic E-state index is 0.657. The SMILES string of the molecule is COCCN(Cc1ccccc1)c1ncnc2cccc(C)c12. The number of aryl methyl sites for hydroxylation is 1. The van der Waals surface area contributed by atoms with Crippen LogP contribution in [0.25, 0.3) is 10.9 Å². The topological polar surface area (TPSA) is 38.2 Å². The number of benzene rings is 2. The second kappa shape index (κ2) is 7.20. The van der Waals surface area contributed by atoms with E-state index in [0.29, 0.717) is 6.61 Å². The molecule has 0 N–H and O–H groups in total. The van der Waals surface area contributed by atoms with Gasteiger partial charge in [0.1, 0.15) is 12.1 Å². The number of methoxy groups -OCH3 is 1. The van der Waals surface area contributed by atoms with Crippen molar-refractivity contribution in [3.05, 3.63) is 66.0 Å². The van der Waals surface area contributed by atoms with Gasteiger partial charge in [-0.25, -0.2) is 9.97 Å². The normalized spacial score (nSPS) is 10.9. The summed E-state index contributed by atoms with van der Waals surface area (Å²) in [5.74, 6) is 0.967. The third-order valence-electron chi connectivity index (χ3n) is 3.93. The van der Waals surface area contributed by atoms with Gasteiger partial charge in [0.15, 0.2) is 0 Å². The summed E-state index contributed by atoms with van der Waals surface area (Å²) in [5, 5.41) is 1.11. The van der Waals surface area contributed by atoms with E-state index in [1.165, 1.54) is 11.1 Å². The fourth-order valence-corrected chi connectivity index (χ4v) is 2.77. The Balaban J connectivity index is 2.02. The molecule has 0 radical (unpaired) electrons. The number of hydrogen-bond donors (Lipinski definition) is 0. The maximum Gasteiger partial charge on any atom is 0.140 e. The zero-order valence-corrected chi connectivity index (χ0v) is 13.6. The lowest BCUT2D eigenvalue weighted by Crippen LogP contribution is -2.28. The maximum atomic E-state index is 5.29. The van der Waals surface area contributed by atoms with Crippen molar-refractivity contribution in [1.29, 1.82) is 0 Å². The van der Waals surface area contributed by atoms with E-state index in [1.807, 2.05) is 18.2 Å². The van der Waals surface area contributed by atoms with E-state index in [-0.39, 0.29) is 0 Å². The molecule has 23 heavy (non-hydrogen) atoms. The van der Waals surface area contributed by atoms with E-state index in [2.05, 4.69) is 52.1 Å². The molecule has 4 heteroatoms. The molecule has 3 aromatic rings. The molecule has 3 rings (SSSR count). The Bertz CT molecular complexity index is 769. The van der Waals surface area contributed by atoms with Gasteiger partial charge in [-0.2, -0.15) is 0 Å². The van der Waals surface area contributed by atoms with Gasteiger partial charge in [0.25, 0.3) is 0 Å². The lowest BCUT2D eigenvalue weighted by molar-refractivity contribution is 0.205. The molecular formula is C19H21N3O. The number of nitrogens with zero attached hydrogens (tertiary/aromatic N) is 3. The fourth-order valence-electron chi connectivity index (χ4n) is 2.77. The second-order valence-corrected chi connectivity index (χ2v) is 5.57. The van der Waals surface area contributed by atoms with Crippen LogP contribution in [0.2, 0.25) is 0 Å². The van der Waals surface area contributed by atoms with Crippen LogP contribution in [0, 0.1) is 6.92 Å². The Morgan fingerprint density at radius 3 is 2.61 bits per heavy atom. The van der Waals surface area contributed by atoms with Crippen molar-refractivity contribution in [2.75, 3.05) is 25.2 Å².